The number of urea groups is 1. The van der Waals surface area contributed by atoms with Crippen LogP contribution < -0.4 is 5.32 Å². The van der Waals surface area contributed by atoms with Gasteiger partial charge in [0.05, 0.1) is 0 Å². The van der Waals surface area contributed by atoms with E-state index in [1.807, 2.05) is 0 Å². The molecule has 1 saturated heterocycles. The molecule has 14 heavy (non-hydrogen) atoms. The zero-order valence-electron chi connectivity index (χ0n) is 8.75. The Kier molecular flexibility index (Phi) is 2.35. The molecule has 1 aliphatic rings. The molecule has 0 aromatic rings. The van der Waals surface area contributed by atoms with Crippen molar-refractivity contribution in [3.8, 4) is 0 Å². The first-order chi connectivity index (χ1) is 6.28. The maximum absolute atomic E-state index is 11.8. The van der Waals surface area contributed by atoms with Crippen LogP contribution in [0.25, 0.3) is 0 Å². The Morgan fingerprint density at radius 1 is 1.21 bits per heavy atom. The van der Waals surface area contributed by atoms with Crippen molar-refractivity contribution in [2.24, 2.45) is 5.41 Å². The van der Waals surface area contributed by atoms with Gasteiger partial charge in [0.25, 0.3) is 0 Å². The number of hydrogen-bond donors (Lipinski definition) is 1. The summed E-state index contributed by atoms with van der Waals surface area (Å²) >= 11 is 0. The SMILES string of the molecule is CC(C)N1C(=O)NC(=O)C(C)(C)C1=O. The van der Waals surface area contributed by atoms with Crippen molar-refractivity contribution >= 4 is 17.8 Å². The van der Waals surface area contributed by atoms with Crippen LogP contribution in [0.2, 0.25) is 0 Å². The molecule has 0 atom stereocenters. The Balaban J connectivity index is 3.07. The minimum absolute atomic E-state index is 0.241. The quantitative estimate of drug-likeness (QED) is 0.624. The zero-order chi connectivity index (χ0) is 11.1. The summed E-state index contributed by atoms with van der Waals surface area (Å²) in [6.45, 7) is 6.46. The van der Waals surface area contributed by atoms with Gasteiger partial charge in [-0.15, -0.1) is 0 Å². The van der Waals surface area contributed by atoms with E-state index in [2.05, 4.69) is 5.32 Å². The van der Waals surface area contributed by atoms with E-state index in [1.54, 1.807) is 13.8 Å². The van der Waals surface area contributed by atoms with E-state index in [4.69, 9.17) is 0 Å². The average molecular weight is 198 g/mol. The van der Waals surface area contributed by atoms with Gasteiger partial charge in [0.1, 0.15) is 5.41 Å². The fourth-order valence-electron chi connectivity index (χ4n) is 1.27. The third-order valence-corrected chi connectivity index (χ3v) is 2.28. The molecule has 0 radical (unpaired) electrons. The maximum Gasteiger partial charge on any atom is 0.331 e. The molecule has 5 nitrogen and oxygen atoms in total. The highest BCUT2D eigenvalue weighted by Crippen LogP contribution is 2.24. The molecule has 1 aliphatic heterocycles. The summed E-state index contributed by atoms with van der Waals surface area (Å²) in [6, 6.07) is -0.871. The lowest BCUT2D eigenvalue weighted by molar-refractivity contribution is -0.150. The van der Waals surface area contributed by atoms with Gasteiger partial charge in [-0.1, -0.05) is 0 Å². The van der Waals surface area contributed by atoms with Gasteiger partial charge in [0, 0.05) is 6.04 Å². The summed E-state index contributed by atoms with van der Waals surface area (Å²) in [7, 11) is 0. The molecule has 0 aromatic heterocycles. The third kappa shape index (κ3) is 1.38. The summed E-state index contributed by atoms with van der Waals surface area (Å²) < 4.78 is 0. The minimum atomic E-state index is -1.15. The van der Waals surface area contributed by atoms with Gasteiger partial charge < -0.3 is 0 Å². The van der Waals surface area contributed by atoms with Crippen LogP contribution in [-0.4, -0.2) is 28.8 Å². The lowest BCUT2D eigenvalue weighted by Gasteiger charge is -2.36. The summed E-state index contributed by atoms with van der Waals surface area (Å²) in [5, 5.41) is 2.16. The lowest BCUT2D eigenvalue weighted by atomic mass is 9.88. The Labute approximate surface area is 82.4 Å². The molecule has 0 unspecified atom stereocenters. The first-order valence-corrected chi connectivity index (χ1v) is 4.47. The number of carbonyl (C=O) groups is 3. The van der Waals surface area contributed by atoms with Gasteiger partial charge >= 0.3 is 6.03 Å². The van der Waals surface area contributed by atoms with Crippen LogP contribution in [-0.2, 0) is 9.59 Å². The van der Waals surface area contributed by atoms with Crippen LogP contribution in [0, 0.1) is 5.41 Å². The number of hydrogen-bond acceptors (Lipinski definition) is 3. The highest BCUT2D eigenvalue weighted by atomic mass is 16.2. The molecule has 1 fully saturated rings. The van der Waals surface area contributed by atoms with Crippen molar-refractivity contribution in [3.63, 3.8) is 0 Å². The molecule has 78 valence electrons. The van der Waals surface area contributed by atoms with Crippen LogP contribution in [0.4, 0.5) is 4.79 Å². The maximum atomic E-state index is 11.8. The molecule has 0 aliphatic carbocycles. The minimum Gasteiger partial charge on any atom is -0.277 e. The number of nitrogens with one attached hydrogen (secondary N) is 1. The van der Waals surface area contributed by atoms with Gasteiger partial charge in [0.2, 0.25) is 11.8 Å². The van der Waals surface area contributed by atoms with Crippen molar-refractivity contribution in [2.75, 3.05) is 0 Å². The molecule has 0 saturated carbocycles. The van der Waals surface area contributed by atoms with E-state index < -0.39 is 23.3 Å². The molecule has 4 amide bonds. The fraction of sp³-hybridized carbons (Fsp3) is 0.667. The van der Waals surface area contributed by atoms with Crippen molar-refractivity contribution in [1.82, 2.24) is 10.2 Å². The topological polar surface area (TPSA) is 66.5 Å². The van der Waals surface area contributed by atoms with Crippen molar-refractivity contribution in [3.05, 3.63) is 0 Å². The predicted molar refractivity (Wildman–Crippen MR) is 49.3 cm³/mol. The Hall–Kier alpha value is -1.39. The number of barbiturate groups is 1. The zero-order valence-corrected chi connectivity index (χ0v) is 8.75. The van der Waals surface area contributed by atoms with Gasteiger partial charge in [-0.3, -0.25) is 19.8 Å². The molecule has 1 N–H and O–H groups in total. The molecule has 5 heteroatoms. The largest absolute Gasteiger partial charge is 0.331 e. The van der Waals surface area contributed by atoms with E-state index in [0.29, 0.717) is 0 Å². The molecular weight excluding hydrogens is 184 g/mol. The highest BCUT2D eigenvalue weighted by molar-refractivity contribution is 6.18. The normalized spacial score (nSPS) is 21.5. The summed E-state index contributed by atoms with van der Waals surface area (Å²) in [6.07, 6.45) is 0. The number of imide groups is 2. The summed E-state index contributed by atoms with van der Waals surface area (Å²) in [4.78, 5) is 35.5. The summed E-state index contributed by atoms with van der Waals surface area (Å²) in [5.41, 5.74) is -1.15. The molecular formula is C9H14N2O3. The van der Waals surface area contributed by atoms with Gasteiger partial charge in [-0.2, -0.15) is 0 Å². The number of nitrogens with zero attached hydrogens (tertiary/aromatic N) is 1. The van der Waals surface area contributed by atoms with Crippen LogP contribution in [0.1, 0.15) is 27.7 Å². The Bertz CT molecular complexity index is 307. The third-order valence-electron chi connectivity index (χ3n) is 2.28. The second kappa shape index (κ2) is 3.08. The van der Waals surface area contributed by atoms with Crippen LogP contribution in [0.5, 0.6) is 0 Å². The summed E-state index contributed by atoms with van der Waals surface area (Å²) in [5.74, 6) is -0.981. The molecule has 1 heterocycles. The smallest absolute Gasteiger partial charge is 0.277 e. The van der Waals surface area contributed by atoms with E-state index in [-0.39, 0.29) is 6.04 Å². The second-order valence-electron chi connectivity index (χ2n) is 4.15. The molecule has 1 rings (SSSR count). The fourth-order valence-corrected chi connectivity index (χ4v) is 1.27. The average Bonchev–Trinajstić information content (AvgIpc) is 2.00. The first-order valence-electron chi connectivity index (χ1n) is 4.47. The second-order valence-corrected chi connectivity index (χ2v) is 4.15. The van der Waals surface area contributed by atoms with E-state index in [0.717, 1.165) is 4.90 Å². The van der Waals surface area contributed by atoms with Crippen molar-refractivity contribution in [2.45, 2.75) is 33.7 Å². The predicted octanol–water partition coefficient (Wildman–Crippen LogP) is 0.499. The Morgan fingerprint density at radius 3 is 2.14 bits per heavy atom. The van der Waals surface area contributed by atoms with E-state index in [9.17, 15) is 14.4 Å². The number of carbonyl (C=O) groups excluding carboxylic acids is 3. The lowest BCUT2D eigenvalue weighted by Crippen LogP contribution is -2.63. The van der Waals surface area contributed by atoms with Gasteiger partial charge in [-0.05, 0) is 27.7 Å². The van der Waals surface area contributed by atoms with E-state index in [1.165, 1.54) is 13.8 Å². The molecule has 0 bridgehead atoms. The highest BCUT2D eigenvalue weighted by Gasteiger charge is 2.47. The van der Waals surface area contributed by atoms with Crippen LogP contribution in [0.15, 0.2) is 0 Å². The number of rotatable bonds is 1. The molecule has 0 spiro atoms. The monoisotopic (exact) mass is 198 g/mol. The standard InChI is InChI=1S/C9H14N2O3/c1-5(2)11-7(13)9(3,4)6(12)10-8(11)14/h5H,1-4H3,(H,10,12,14). The van der Waals surface area contributed by atoms with Crippen molar-refractivity contribution in [1.29, 1.82) is 0 Å². The van der Waals surface area contributed by atoms with E-state index >= 15 is 0 Å². The van der Waals surface area contributed by atoms with Gasteiger partial charge in [-0.25, -0.2) is 4.79 Å². The number of amides is 4. The van der Waals surface area contributed by atoms with Crippen LogP contribution in [0.3, 0.4) is 0 Å². The first kappa shape index (κ1) is 10.7. The molecule has 0 aromatic carbocycles. The Morgan fingerprint density at radius 2 is 1.71 bits per heavy atom. The van der Waals surface area contributed by atoms with Crippen molar-refractivity contribution < 1.29 is 14.4 Å². The van der Waals surface area contributed by atoms with Crippen LogP contribution >= 0.6 is 0 Å². The van der Waals surface area contributed by atoms with Gasteiger partial charge in [0.15, 0.2) is 0 Å².